The van der Waals surface area contributed by atoms with E-state index in [1.54, 1.807) is 0 Å². The lowest BCUT2D eigenvalue weighted by molar-refractivity contribution is -0.141. The first-order valence-electron chi connectivity index (χ1n) is 4.48. The highest BCUT2D eigenvalue weighted by Crippen LogP contribution is 2.01. The number of carboxylic acid groups (broad SMARTS) is 1. The van der Waals surface area contributed by atoms with Crippen molar-refractivity contribution in [1.82, 2.24) is 4.90 Å². The number of ether oxygens (including phenoxy) is 1. The molecule has 0 bridgehead atoms. The van der Waals surface area contributed by atoms with Gasteiger partial charge in [0.1, 0.15) is 6.04 Å². The third kappa shape index (κ3) is 4.11. The molecule has 1 unspecified atom stereocenters. The average Bonchev–Trinajstić information content (AvgIpc) is 2.11. The van der Waals surface area contributed by atoms with Crippen LogP contribution in [0.15, 0.2) is 0 Å². The van der Waals surface area contributed by atoms with Crippen LogP contribution in [0.1, 0.15) is 20.8 Å². The van der Waals surface area contributed by atoms with E-state index in [-0.39, 0.29) is 5.92 Å². The minimum absolute atomic E-state index is 0.243. The minimum atomic E-state index is -1.05. The number of carbonyl (C=O) groups excluding carboxylic acids is 1. The van der Waals surface area contributed by atoms with Crippen molar-refractivity contribution in [2.24, 2.45) is 5.92 Å². The Bertz CT molecular complexity index is 215. The molecule has 0 spiro atoms. The zero-order chi connectivity index (χ0) is 11.3. The highest BCUT2D eigenvalue weighted by Gasteiger charge is 2.22. The molecule has 14 heavy (non-hydrogen) atoms. The van der Waals surface area contributed by atoms with Crippen molar-refractivity contribution in [2.45, 2.75) is 26.8 Å². The summed E-state index contributed by atoms with van der Waals surface area (Å²) >= 11 is 0. The molecule has 82 valence electrons. The summed E-state index contributed by atoms with van der Waals surface area (Å²) in [6.45, 7) is 5.55. The number of hydrogen-bond acceptors (Lipinski definition) is 3. The lowest BCUT2D eigenvalue weighted by Gasteiger charge is -2.21. The van der Waals surface area contributed by atoms with Crippen LogP contribution in [0.25, 0.3) is 0 Å². The predicted octanol–water partition coefficient (Wildman–Crippen LogP) is 1.18. The van der Waals surface area contributed by atoms with Gasteiger partial charge in [0.05, 0.1) is 6.61 Å². The van der Waals surface area contributed by atoms with Gasteiger partial charge < -0.3 is 9.84 Å². The predicted molar refractivity (Wildman–Crippen MR) is 51.0 cm³/mol. The van der Waals surface area contributed by atoms with Crippen molar-refractivity contribution in [1.29, 1.82) is 0 Å². The Kier molecular flexibility index (Phi) is 4.97. The van der Waals surface area contributed by atoms with Crippen molar-refractivity contribution in [3.63, 3.8) is 0 Å². The van der Waals surface area contributed by atoms with Crippen LogP contribution < -0.4 is 0 Å². The Labute approximate surface area is 83.6 Å². The molecule has 1 atom stereocenters. The van der Waals surface area contributed by atoms with Crippen molar-refractivity contribution >= 4 is 12.1 Å². The van der Waals surface area contributed by atoms with Gasteiger partial charge in [-0.2, -0.15) is 0 Å². The molecule has 0 saturated heterocycles. The van der Waals surface area contributed by atoms with Gasteiger partial charge in [-0.1, -0.05) is 13.8 Å². The van der Waals surface area contributed by atoms with Crippen LogP contribution in [-0.2, 0) is 9.53 Å². The Morgan fingerprint density at radius 2 is 1.86 bits per heavy atom. The Hall–Kier alpha value is -1.26. The van der Waals surface area contributed by atoms with Crippen LogP contribution in [0.2, 0.25) is 0 Å². The molecule has 0 aromatic heterocycles. The van der Waals surface area contributed by atoms with E-state index in [2.05, 4.69) is 0 Å². The van der Waals surface area contributed by atoms with E-state index in [0.717, 1.165) is 4.90 Å². The first kappa shape index (κ1) is 12.7. The van der Waals surface area contributed by atoms with Crippen LogP contribution >= 0.6 is 0 Å². The topological polar surface area (TPSA) is 66.8 Å². The number of carbonyl (C=O) groups is 2. The number of nitrogens with zero attached hydrogens (tertiary/aromatic N) is 1. The van der Waals surface area contributed by atoms with Gasteiger partial charge in [-0.15, -0.1) is 0 Å². The van der Waals surface area contributed by atoms with Crippen molar-refractivity contribution < 1.29 is 19.4 Å². The monoisotopic (exact) mass is 203 g/mol. The summed E-state index contributed by atoms with van der Waals surface area (Å²) in [5, 5.41) is 8.63. The van der Waals surface area contributed by atoms with Gasteiger partial charge in [0.25, 0.3) is 0 Å². The van der Waals surface area contributed by atoms with Gasteiger partial charge in [0.15, 0.2) is 0 Å². The van der Waals surface area contributed by atoms with E-state index in [9.17, 15) is 9.59 Å². The SMILES string of the molecule is CC(C)COC(=O)N(C)C(C)C(=O)O. The zero-order valence-corrected chi connectivity index (χ0v) is 8.98. The summed E-state index contributed by atoms with van der Waals surface area (Å²) in [4.78, 5) is 22.8. The van der Waals surface area contributed by atoms with Crippen LogP contribution in [0.5, 0.6) is 0 Å². The number of amides is 1. The van der Waals surface area contributed by atoms with Gasteiger partial charge in [-0.3, -0.25) is 4.90 Å². The summed E-state index contributed by atoms with van der Waals surface area (Å²) in [5.41, 5.74) is 0. The maximum Gasteiger partial charge on any atom is 0.410 e. The lowest BCUT2D eigenvalue weighted by Crippen LogP contribution is -2.40. The minimum Gasteiger partial charge on any atom is -0.480 e. The molecule has 1 amide bonds. The molecule has 0 rings (SSSR count). The summed E-state index contributed by atoms with van der Waals surface area (Å²) < 4.78 is 4.86. The van der Waals surface area contributed by atoms with Crippen molar-refractivity contribution in [2.75, 3.05) is 13.7 Å². The van der Waals surface area contributed by atoms with Gasteiger partial charge in [0.2, 0.25) is 0 Å². The second kappa shape index (κ2) is 5.47. The molecular formula is C9H17NO4. The third-order valence-corrected chi connectivity index (χ3v) is 1.77. The molecule has 1 N–H and O–H groups in total. The molecule has 0 aromatic carbocycles. The second-order valence-corrected chi connectivity index (χ2v) is 3.60. The Morgan fingerprint density at radius 1 is 1.36 bits per heavy atom. The second-order valence-electron chi connectivity index (χ2n) is 3.60. The van der Waals surface area contributed by atoms with E-state index < -0.39 is 18.1 Å². The third-order valence-electron chi connectivity index (χ3n) is 1.77. The highest BCUT2D eigenvalue weighted by atomic mass is 16.6. The largest absolute Gasteiger partial charge is 0.480 e. The van der Waals surface area contributed by atoms with Crippen LogP contribution in [0.4, 0.5) is 4.79 Å². The molecule has 0 saturated carbocycles. The molecule has 5 nitrogen and oxygen atoms in total. The molecule has 0 aliphatic carbocycles. The molecule has 0 aliphatic heterocycles. The fourth-order valence-electron chi connectivity index (χ4n) is 0.664. The van der Waals surface area contributed by atoms with E-state index in [0.29, 0.717) is 6.61 Å². The first-order valence-corrected chi connectivity index (χ1v) is 4.48. The number of aliphatic carboxylic acids is 1. The Balaban J connectivity index is 4.05. The Morgan fingerprint density at radius 3 is 2.21 bits per heavy atom. The summed E-state index contributed by atoms with van der Waals surface area (Å²) in [6.07, 6.45) is -0.603. The smallest absolute Gasteiger partial charge is 0.410 e. The van der Waals surface area contributed by atoms with E-state index in [4.69, 9.17) is 9.84 Å². The summed E-state index contributed by atoms with van der Waals surface area (Å²) in [7, 11) is 1.40. The van der Waals surface area contributed by atoms with Crippen LogP contribution in [0, 0.1) is 5.92 Å². The molecule has 0 aliphatic rings. The van der Waals surface area contributed by atoms with Gasteiger partial charge in [0, 0.05) is 7.05 Å². The van der Waals surface area contributed by atoms with Crippen molar-refractivity contribution in [3.8, 4) is 0 Å². The standard InChI is InChI=1S/C9H17NO4/c1-6(2)5-14-9(13)10(4)7(3)8(11)12/h6-7H,5H2,1-4H3,(H,11,12). The van der Waals surface area contributed by atoms with E-state index in [1.807, 2.05) is 13.8 Å². The maximum absolute atomic E-state index is 11.2. The maximum atomic E-state index is 11.2. The van der Waals surface area contributed by atoms with Gasteiger partial charge in [-0.25, -0.2) is 9.59 Å². The van der Waals surface area contributed by atoms with Crippen LogP contribution in [-0.4, -0.2) is 41.8 Å². The number of rotatable bonds is 4. The summed E-state index contributed by atoms with van der Waals surface area (Å²) in [6, 6.07) is -0.866. The normalized spacial score (nSPS) is 12.4. The molecule has 0 heterocycles. The van der Waals surface area contributed by atoms with Crippen molar-refractivity contribution in [3.05, 3.63) is 0 Å². The average molecular weight is 203 g/mol. The fraction of sp³-hybridized carbons (Fsp3) is 0.778. The zero-order valence-electron chi connectivity index (χ0n) is 8.98. The van der Waals surface area contributed by atoms with Crippen LogP contribution in [0.3, 0.4) is 0 Å². The fourth-order valence-corrected chi connectivity index (χ4v) is 0.664. The van der Waals surface area contributed by atoms with Gasteiger partial charge >= 0.3 is 12.1 Å². The highest BCUT2D eigenvalue weighted by molar-refractivity contribution is 5.79. The molecule has 0 aromatic rings. The number of likely N-dealkylation sites (N-methyl/N-ethyl adjacent to an activating group) is 1. The molecule has 0 fully saturated rings. The number of carboxylic acids is 1. The molecular weight excluding hydrogens is 186 g/mol. The van der Waals surface area contributed by atoms with E-state index in [1.165, 1.54) is 14.0 Å². The summed E-state index contributed by atoms with van der Waals surface area (Å²) in [5.74, 6) is -0.804. The van der Waals surface area contributed by atoms with Gasteiger partial charge in [-0.05, 0) is 12.8 Å². The number of hydrogen-bond donors (Lipinski definition) is 1. The lowest BCUT2D eigenvalue weighted by atomic mass is 10.2. The first-order chi connectivity index (χ1) is 6.36. The molecule has 5 heteroatoms. The van der Waals surface area contributed by atoms with E-state index >= 15 is 0 Å². The quantitative estimate of drug-likeness (QED) is 0.745. The molecule has 0 radical (unpaired) electrons.